The van der Waals surface area contributed by atoms with Crippen LogP contribution in [-0.2, 0) is 19.0 Å². The lowest BCUT2D eigenvalue weighted by molar-refractivity contribution is 0.611. The quantitative estimate of drug-likeness (QED) is 0.770. The second kappa shape index (κ2) is 4.07. The monoisotopic (exact) mass is 271 g/mol. The van der Waals surface area contributed by atoms with Gasteiger partial charge in [0.15, 0.2) is 0 Å². The molecule has 0 radical (unpaired) electrons. The smallest absolute Gasteiger partial charge is 0.244 e. The van der Waals surface area contributed by atoms with Crippen LogP contribution in [0.25, 0.3) is 0 Å². The first kappa shape index (κ1) is 12.4. The molecule has 1 aromatic carbocycles. The topological polar surface area (TPSA) is 63.6 Å². The van der Waals surface area contributed by atoms with Crippen molar-refractivity contribution in [2.45, 2.75) is 4.90 Å². The fourth-order valence-corrected chi connectivity index (χ4v) is 4.21. The van der Waals surface area contributed by atoms with Gasteiger partial charge in [0.2, 0.25) is 0 Å². The van der Waals surface area contributed by atoms with Crippen molar-refractivity contribution in [2.24, 2.45) is 3.77 Å². The van der Waals surface area contributed by atoms with Crippen LogP contribution in [0.2, 0.25) is 0 Å². The van der Waals surface area contributed by atoms with E-state index >= 15 is 0 Å². The second-order valence-electron chi connectivity index (χ2n) is 2.74. The van der Waals surface area contributed by atoms with Crippen LogP contribution < -0.4 is 0 Å². The van der Waals surface area contributed by atoms with Gasteiger partial charge in [-0.1, -0.05) is 3.77 Å². The van der Waals surface area contributed by atoms with Crippen LogP contribution in [0.5, 0.6) is 0 Å². The van der Waals surface area contributed by atoms with E-state index in [4.69, 9.17) is 10.7 Å². The van der Waals surface area contributed by atoms with E-state index in [0.717, 1.165) is 18.4 Å². The van der Waals surface area contributed by atoms with Gasteiger partial charge in [0, 0.05) is 21.8 Å². The average Bonchev–Trinajstić information content (AvgIpc) is 2.00. The van der Waals surface area contributed by atoms with E-state index in [1.54, 1.807) is 0 Å². The molecule has 0 saturated heterocycles. The molecule has 0 aliphatic heterocycles. The highest BCUT2D eigenvalue weighted by molar-refractivity contribution is 8.17. The van der Waals surface area contributed by atoms with E-state index in [9.17, 15) is 17.0 Å². The van der Waals surface area contributed by atoms with Crippen LogP contribution in [0.4, 0.5) is 4.39 Å². The molecule has 0 saturated carbocycles. The largest absolute Gasteiger partial charge is 0.347 e. The van der Waals surface area contributed by atoms with Crippen LogP contribution in [-0.4, -0.2) is 18.9 Å². The zero-order valence-electron chi connectivity index (χ0n) is 7.55. The predicted octanol–water partition coefficient (Wildman–Crippen LogP) is 1.77. The lowest BCUT2D eigenvalue weighted by atomic mass is 10.4. The summed E-state index contributed by atoms with van der Waals surface area (Å²) in [5.41, 5.74) is 0. The number of rotatable bonds is 2. The number of nitrogens with zero attached hydrogens (tertiary/aromatic N) is 1. The van der Waals surface area contributed by atoms with Crippen molar-refractivity contribution in [2.75, 3.05) is 6.26 Å². The molecule has 0 heterocycles. The Kier molecular flexibility index (Phi) is 3.37. The molecule has 1 rings (SSSR count). The van der Waals surface area contributed by atoms with E-state index in [2.05, 4.69) is 3.77 Å². The zero-order chi connectivity index (χ0) is 11.7. The molecule has 0 spiro atoms. The summed E-state index contributed by atoms with van der Waals surface area (Å²) in [7, 11) is -2.51. The van der Waals surface area contributed by atoms with Gasteiger partial charge in [0.05, 0.1) is 9.73 Å². The maximum Gasteiger partial charge on any atom is 0.347 e. The molecule has 15 heavy (non-hydrogen) atoms. The number of halogens is 2. The Morgan fingerprint density at radius 2 is 1.67 bits per heavy atom. The Bertz CT molecular complexity index is 573. The van der Waals surface area contributed by atoms with E-state index < -0.39 is 24.8 Å². The molecule has 0 aromatic heterocycles. The Hall–Kier alpha value is -0.660. The van der Waals surface area contributed by atoms with Crippen molar-refractivity contribution >= 4 is 29.6 Å². The summed E-state index contributed by atoms with van der Waals surface area (Å²) in [6, 6.07) is 4.52. The maximum atomic E-state index is 12.5. The summed E-state index contributed by atoms with van der Waals surface area (Å²) in [6.07, 6.45) is 1.11. The number of hydrogen-bond acceptors (Lipinski definition) is 3. The second-order valence-corrected chi connectivity index (χ2v) is 7.41. The fourth-order valence-electron chi connectivity index (χ4n) is 0.900. The number of benzene rings is 1. The molecule has 1 aromatic rings. The van der Waals surface area contributed by atoms with E-state index in [-0.39, 0.29) is 4.90 Å². The highest BCUT2D eigenvalue weighted by Crippen LogP contribution is 2.15. The van der Waals surface area contributed by atoms with Crippen LogP contribution in [0.3, 0.4) is 0 Å². The van der Waals surface area contributed by atoms with Gasteiger partial charge >= 0.3 is 9.24 Å². The van der Waals surface area contributed by atoms with Gasteiger partial charge in [0.25, 0.3) is 0 Å². The van der Waals surface area contributed by atoms with Crippen LogP contribution in [0.15, 0.2) is 32.9 Å². The summed E-state index contributed by atoms with van der Waals surface area (Å²) in [6.45, 7) is 0. The van der Waals surface area contributed by atoms with Gasteiger partial charge in [-0.3, -0.25) is 0 Å². The summed E-state index contributed by atoms with van der Waals surface area (Å²) in [5, 5.41) is 0. The van der Waals surface area contributed by atoms with Crippen molar-refractivity contribution in [1.29, 1.82) is 0 Å². The minimum Gasteiger partial charge on any atom is -0.244 e. The molecule has 0 amide bonds. The SMILES string of the molecule is C[S@@](=O)(=NS(=O)(=O)Cl)c1ccc(F)cc1. The van der Waals surface area contributed by atoms with E-state index in [0.29, 0.717) is 0 Å². The first-order valence-corrected chi connectivity index (χ1v) is 7.83. The highest BCUT2D eigenvalue weighted by atomic mass is 35.7. The van der Waals surface area contributed by atoms with Gasteiger partial charge in [-0.05, 0) is 24.3 Å². The van der Waals surface area contributed by atoms with Gasteiger partial charge in [-0.15, -0.1) is 0 Å². The molecule has 0 fully saturated rings. The predicted molar refractivity (Wildman–Crippen MR) is 55.9 cm³/mol. The molecule has 84 valence electrons. The molecule has 0 aliphatic rings. The molecule has 4 nitrogen and oxygen atoms in total. The van der Waals surface area contributed by atoms with Gasteiger partial charge in [0.1, 0.15) is 5.82 Å². The first-order valence-electron chi connectivity index (χ1n) is 3.64. The van der Waals surface area contributed by atoms with E-state index in [1.165, 1.54) is 12.1 Å². The van der Waals surface area contributed by atoms with Crippen molar-refractivity contribution in [3.63, 3.8) is 0 Å². The van der Waals surface area contributed by atoms with Gasteiger partial charge in [-0.25, -0.2) is 8.60 Å². The highest BCUT2D eigenvalue weighted by Gasteiger charge is 2.11. The molecule has 0 N–H and O–H groups in total. The third kappa shape index (κ3) is 3.77. The Morgan fingerprint density at radius 3 is 2.07 bits per heavy atom. The van der Waals surface area contributed by atoms with E-state index in [1.807, 2.05) is 0 Å². The lowest BCUT2D eigenvalue weighted by Gasteiger charge is -2.01. The summed E-state index contributed by atoms with van der Waals surface area (Å²) < 4.78 is 48.6. The van der Waals surface area contributed by atoms with Gasteiger partial charge < -0.3 is 0 Å². The first-order chi connectivity index (χ1) is 6.71. The molecule has 8 heteroatoms. The van der Waals surface area contributed by atoms with Crippen molar-refractivity contribution in [1.82, 2.24) is 0 Å². The summed E-state index contributed by atoms with van der Waals surface area (Å²) in [4.78, 5) is 0.105. The third-order valence-corrected chi connectivity index (χ3v) is 4.99. The minimum absolute atomic E-state index is 0.105. The fraction of sp³-hybridized carbons (Fsp3) is 0.143. The van der Waals surface area contributed by atoms with Crippen molar-refractivity contribution < 1.29 is 17.0 Å². The third-order valence-electron chi connectivity index (χ3n) is 1.48. The molecule has 0 aliphatic carbocycles. The Balaban J connectivity index is 3.36. The van der Waals surface area contributed by atoms with Crippen molar-refractivity contribution in [3.05, 3.63) is 30.1 Å². The van der Waals surface area contributed by atoms with Gasteiger partial charge in [-0.2, -0.15) is 8.42 Å². The molecular formula is C7H7ClFNO3S2. The Labute approximate surface area is 91.8 Å². The summed E-state index contributed by atoms with van der Waals surface area (Å²) in [5.74, 6) is -0.511. The molecule has 0 unspecified atom stereocenters. The molecule has 0 bridgehead atoms. The van der Waals surface area contributed by atoms with Crippen molar-refractivity contribution in [3.8, 4) is 0 Å². The normalized spacial score (nSPS) is 15.7. The summed E-state index contributed by atoms with van der Waals surface area (Å²) >= 11 is 0. The van der Waals surface area contributed by atoms with Crippen LogP contribution in [0, 0.1) is 5.82 Å². The minimum atomic E-state index is -4.21. The van der Waals surface area contributed by atoms with Crippen LogP contribution >= 0.6 is 10.7 Å². The average molecular weight is 272 g/mol. The number of hydrogen-bond donors (Lipinski definition) is 0. The standard InChI is InChI=1S/C7H7ClFNO3S2/c1-14(11,10-15(8,12)13)7-4-2-6(9)3-5-7/h2-5H,1H3/t14-/m0/s1. The lowest BCUT2D eigenvalue weighted by Crippen LogP contribution is -2.00. The zero-order valence-corrected chi connectivity index (χ0v) is 9.94. The molecular weight excluding hydrogens is 265 g/mol. The Morgan fingerprint density at radius 1 is 1.20 bits per heavy atom. The maximum absolute atomic E-state index is 12.5. The molecule has 1 atom stereocenters. The van der Waals surface area contributed by atoms with Crippen LogP contribution in [0.1, 0.15) is 0 Å².